The van der Waals surface area contributed by atoms with E-state index in [0.29, 0.717) is 19.0 Å². The largest absolute Gasteiger partial charge is 0.390 e. The third kappa shape index (κ3) is 4.15. The number of hydrogen-bond acceptors (Lipinski definition) is 6. The predicted molar refractivity (Wildman–Crippen MR) is 104 cm³/mol. The molecule has 2 aromatic carbocycles. The van der Waals surface area contributed by atoms with Crippen LogP contribution in [0.1, 0.15) is 16.7 Å². The van der Waals surface area contributed by atoms with E-state index in [1.165, 1.54) is 16.7 Å². The van der Waals surface area contributed by atoms with Gasteiger partial charge in [-0.3, -0.25) is 4.90 Å². The monoisotopic (exact) mass is 364 g/mol. The fourth-order valence-electron chi connectivity index (χ4n) is 3.44. The van der Waals surface area contributed by atoms with Gasteiger partial charge in [0.2, 0.25) is 5.95 Å². The van der Waals surface area contributed by atoms with Crippen LogP contribution in [0, 0.1) is 6.92 Å². The molecule has 2 heterocycles. The summed E-state index contributed by atoms with van der Waals surface area (Å²) in [4.78, 5) is 2.29. The lowest BCUT2D eigenvalue weighted by atomic mass is 10.00. The van der Waals surface area contributed by atoms with Crippen LogP contribution in [0.4, 0.5) is 5.95 Å². The molecule has 0 amide bonds. The van der Waals surface area contributed by atoms with Gasteiger partial charge in [-0.2, -0.15) is 4.68 Å². The number of β-amino-alcohol motifs (C(OH)–C–C–N with tert-alkyl or cyclic N) is 1. The smallest absolute Gasteiger partial charge is 0.247 e. The Morgan fingerprint density at radius 2 is 1.89 bits per heavy atom. The summed E-state index contributed by atoms with van der Waals surface area (Å²) in [5.41, 5.74) is 4.83. The Labute approximate surface area is 158 Å². The van der Waals surface area contributed by atoms with Crippen LogP contribution in [0.5, 0.6) is 0 Å². The molecule has 0 saturated carbocycles. The number of fused-ring (bicyclic) bond motifs is 1. The molecule has 0 spiro atoms. The molecule has 7 heteroatoms. The summed E-state index contributed by atoms with van der Waals surface area (Å²) in [6, 6.07) is 16.5. The molecule has 1 aliphatic heterocycles. The van der Waals surface area contributed by atoms with Crippen LogP contribution in [0.25, 0.3) is 5.69 Å². The van der Waals surface area contributed by atoms with Gasteiger partial charge in [0, 0.05) is 26.2 Å². The molecule has 27 heavy (non-hydrogen) atoms. The molecule has 1 atom stereocenters. The first-order valence-electron chi connectivity index (χ1n) is 9.25. The second-order valence-corrected chi connectivity index (χ2v) is 7.04. The summed E-state index contributed by atoms with van der Waals surface area (Å²) in [5, 5.41) is 25.4. The Bertz CT molecular complexity index is 891. The van der Waals surface area contributed by atoms with E-state index < -0.39 is 6.10 Å². The zero-order chi connectivity index (χ0) is 18.6. The maximum absolute atomic E-state index is 10.5. The Morgan fingerprint density at radius 3 is 2.70 bits per heavy atom. The van der Waals surface area contributed by atoms with Crippen LogP contribution in [-0.4, -0.2) is 56.0 Å². The van der Waals surface area contributed by atoms with E-state index in [-0.39, 0.29) is 0 Å². The summed E-state index contributed by atoms with van der Waals surface area (Å²) >= 11 is 0. The standard InChI is InChI=1S/C20H24N6O/c1-15-6-8-18(9-7-15)26-20(22-23-24-26)21-12-19(27)14-25-11-10-16-4-2-3-5-17(16)13-25/h2-9,19,27H,10-14H2,1H3,(H,21,22,24). The van der Waals surface area contributed by atoms with Crippen molar-refractivity contribution in [1.82, 2.24) is 25.1 Å². The van der Waals surface area contributed by atoms with Gasteiger partial charge in [0.1, 0.15) is 0 Å². The van der Waals surface area contributed by atoms with E-state index in [0.717, 1.165) is 25.2 Å². The van der Waals surface area contributed by atoms with Gasteiger partial charge in [0.15, 0.2) is 0 Å². The number of benzene rings is 2. The van der Waals surface area contributed by atoms with Crippen molar-refractivity contribution in [2.24, 2.45) is 0 Å². The van der Waals surface area contributed by atoms with Crippen molar-refractivity contribution in [1.29, 1.82) is 0 Å². The van der Waals surface area contributed by atoms with Gasteiger partial charge in [-0.15, -0.1) is 0 Å². The van der Waals surface area contributed by atoms with Gasteiger partial charge in [0.25, 0.3) is 0 Å². The van der Waals surface area contributed by atoms with Gasteiger partial charge in [-0.1, -0.05) is 47.1 Å². The fourth-order valence-corrected chi connectivity index (χ4v) is 3.44. The van der Waals surface area contributed by atoms with Crippen molar-refractivity contribution in [2.75, 3.05) is 25.0 Å². The van der Waals surface area contributed by atoms with E-state index in [4.69, 9.17) is 0 Å². The normalized spacial score (nSPS) is 15.3. The third-order valence-electron chi connectivity index (χ3n) is 4.92. The van der Waals surface area contributed by atoms with Gasteiger partial charge in [-0.25, -0.2) is 0 Å². The summed E-state index contributed by atoms with van der Waals surface area (Å²) in [7, 11) is 0. The van der Waals surface area contributed by atoms with Gasteiger partial charge >= 0.3 is 0 Å². The minimum Gasteiger partial charge on any atom is -0.390 e. The minimum atomic E-state index is -0.501. The van der Waals surface area contributed by atoms with E-state index in [1.807, 2.05) is 31.2 Å². The van der Waals surface area contributed by atoms with Crippen molar-refractivity contribution in [2.45, 2.75) is 26.0 Å². The van der Waals surface area contributed by atoms with Gasteiger partial charge < -0.3 is 10.4 Å². The zero-order valence-corrected chi connectivity index (χ0v) is 15.4. The van der Waals surface area contributed by atoms with Gasteiger partial charge in [-0.05, 0) is 47.0 Å². The fraction of sp³-hybridized carbons (Fsp3) is 0.350. The van der Waals surface area contributed by atoms with E-state index in [2.05, 4.69) is 50.0 Å². The number of anilines is 1. The molecule has 140 valence electrons. The lowest BCUT2D eigenvalue weighted by Crippen LogP contribution is -2.39. The first-order chi connectivity index (χ1) is 13.2. The molecule has 4 rings (SSSR count). The lowest BCUT2D eigenvalue weighted by Gasteiger charge is -2.30. The number of aryl methyl sites for hydroxylation is 1. The number of hydrogen-bond donors (Lipinski definition) is 2. The molecule has 2 N–H and O–H groups in total. The number of aliphatic hydroxyl groups excluding tert-OH is 1. The van der Waals surface area contributed by atoms with E-state index in [1.54, 1.807) is 4.68 Å². The van der Waals surface area contributed by atoms with Crippen LogP contribution in [0.2, 0.25) is 0 Å². The average Bonchev–Trinajstić information content (AvgIpc) is 3.15. The van der Waals surface area contributed by atoms with Crippen LogP contribution >= 0.6 is 0 Å². The van der Waals surface area contributed by atoms with Crippen LogP contribution in [0.3, 0.4) is 0 Å². The molecular formula is C20H24N6O. The highest BCUT2D eigenvalue weighted by molar-refractivity contribution is 5.40. The first kappa shape index (κ1) is 17.6. The minimum absolute atomic E-state index is 0.393. The first-order valence-corrected chi connectivity index (χ1v) is 9.25. The summed E-state index contributed by atoms with van der Waals surface area (Å²) in [6.45, 7) is 4.90. The van der Waals surface area contributed by atoms with Crippen LogP contribution < -0.4 is 5.32 Å². The molecule has 1 unspecified atom stereocenters. The zero-order valence-electron chi connectivity index (χ0n) is 15.4. The molecule has 0 radical (unpaired) electrons. The number of aromatic nitrogens is 4. The molecule has 1 aliphatic rings. The maximum Gasteiger partial charge on any atom is 0.247 e. The topological polar surface area (TPSA) is 79.1 Å². The quantitative estimate of drug-likeness (QED) is 0.694. The van der Waals surface area contributed by atoms with Crippen molar-refractivity contribution in [3.8, 4) is 5.69 Å². The number of nitrogens with zero attached hydrogens (tertiary/aromatic N) is 5. The highest BCUT2D eigenvalue weighted by atomic mass is 16.3. The average molecular weight is 364 g/mol. The molecule has 0 bridgehead atoms. The predicted octanol–water partition coefficient (Wildman–Crippen LogP) is 1.80. The Hall–Kier alpha value is -2.77. The molecule has 0 fully saturated rings. The SMILES string of the molecule is Cc1ccc(-n2nnnc2NCC(O)CN2CCc3ccccc3C2)cc1. The van der Waals surface area contributed by atoms with Crippen LogP contribution in [0.15, 0.2) is 48.5 Å². The molecule has 1 aromatic heterocycles. The molecule has 0 saturated heterocycles. The van der Waals surface area contributed by atoms with Crippen molar-refractivity contribution in [3.05, 3.63) is 65.2 Å². The van der Waals surface area contributed by atoms with Crippen LogP contribution in [-0.2, 0) is 13.0 Å². The molecule has 0 aliphatic carbocycles. The maximum atomic E-state index is 10.5. The Balaban J connectivity index is 1.33. The highest BCUT2D eigenvalue weighted by Gasteiger charge is 2.19. The lowest BCUT2D eigenvalue weighted by molar-refractivity contribution is 0.114. The van der Waals surface area contributed by atoms with E-state index >= 15 is 0 Å². The van der Waals surface area contributed by atoms with Gasteiger partial charge in [0.05, 0.1) is 11.8 Å². The summed E-state index contributed by atoms with van der Waals surface area (Å²) in [5.74, 6) is 0.530. The third-order valence-corrected chi connectivity index (χ3v) is 4.92. The van der Waals surface area contributed by atoms with E-state index in [9.17, 15) is 5.11 Å². The highest BCUT2D eigenvalue weighted by Crippen LogP contribution is 2.18. The molecular weight excluding hydrogens is 340 g/mol. The van der Waals surface area contributed by atoms with Crippen molar-refractivity contribution in [3.63, 3.8) is 0 Å². The van der Waals surface area contributed by atoms with Crippen molar-refractivity contribution >= 4 is 5.95 Å². The van der Waals surface area contributed by atoms with Crippen molar-refractivity contribution < 1.29 is 5.11 Å². The summed E-state index contributed by atoms with van der Waals surface area (Å²) < 4.78 is 1.64. The number of rotatable bonds is 6. The number of nitrogens with one attached hydrogen (secondary N) is 1. The number of tetrazole rings is 1. The second-order valence-electron chi connectivity index (χ2n) is 7.04. The Kier molecular flexibility index (Phi) is 5.13. The number of aliphatic hydroxyl groups is 1. The molecule has 3 aromatic rings. The Morgan fingerprint density at radius 1 is 1.11 bits per heavy atom. The second kappa shape index (κ2) is 7.85. The summed E-state index contributed by atoms with van der Waals surface area (Å²) in [6.07, 6.45) is 0.528. The molecule has 7 nitrogen and oxygen atoms in total.